The summed E-state index contributed by atoms with van der Waals surface area (Å²) in [5.74, 6) is 3.01. The van der Waals surface area contributed by atoms with Crippen LogP contribution in [0.25, 0.3) is 0 Å². The summed E-state index contributed by atoms with van der Waals surface area (Å²) in [5, 5.41) is 3.90. The van der Waals surface area contributed by atoms with E-state index in [1.165, 1.54) is 11.8 Å². The number of amidine groups is 1. The smallest absolute Gasteiger partial charge is 0.338 e. The van der Waals surface area contributed by atoms with Gasteiger partial charge in [0, 0.05) is 17.0 Å². The molecule has 1 aliphatic rings. The molecule has 0 fully saturated rings. The fourth-order valence-corrected chi connectivity index (χ4v) is 4.76. The van der Waals surface area contributed by atoms with Gasteiger partial charge in [-0.2, -0.15) is 0 Å². The van der Waals surface area contributed by atoms with E-state index in [1.807, 2.05) is 25.1 Å². The average molecular weight is 517 g/mol. The van der Waals surface area contributed by atoms with Crippen LogP contribution in [-0.4, -0.2) is 53.3 Å². The molecule has 1 N–H and O–H groups in total. The summed E-state index contributed by atoms with van der Waals surface area (Å²) in [7, 11) is 7.88. The lowest BCUT2D eigenvalue weighted by molar-refractivity contribution is -0.138. The number of nitrogens with zero attached hydrogens (tertiary/aromatic N) is 1. The van der Waals surface area contributed by atoms with E-state index in [0.29, 0.717) is 45.0 Å². The largest absolute Gasteiger partial charge is 0.497 e. The first kappa shape index (κ1) is 27.1. The molecule has 194 valence electrons. The molecule has 9 nitrogen and oxygen atoms in total. The average Bonchev–Trinajstić information content (AvgIpc) is 2.90. The monoisotopic (exact) mass is 516 g/mol. The van der Waals surface area contributed by atoms with Crippen LogP contribution in [0.5, 0.6) is 28.7 Å². The standard InChI is InChI=1S/C26H32N2O7S/c1-8-35-25(29)22-15(2)27-26(36-14-17-11-18(30-3)9-10-19(17)31-4)28-23(22)16-12-20(32-5)24(34-7)21(13-16)33-6/h9-13,23H,8,14H2,1-7H3,(H,27,28)/t23-/m1/s1. The first-order valence-corrected chi connectivity index (χ1v) is 12.2. The van der Waals surface area contributed by atoms with Crippen LogP contribution in [0.2, 0.25) is 0 Å². The number of aliphatic imine (C=N–C) groups is 1. The number of rotatable bonds is 10. The number of thioether (sulfide) groups is 1. The van der Waals surface area contributed by atoms with Crippen molar-refractivity contribution in [2.45, 2.75) is 25.6 Å². The van der Waals surface area contributed by atoms with Gasteiger partial charge in [-0.05, 0) is 49.7 Å². The van der Waals surface area contributed by atoms with Gasteiger partial charge in [0.25, 0.3) is 0 Å². The van der Waals surface area contributed by atoms with Crippen LogP contribution in [0, 0.1) is 0 Å². The van der Waals surface area contributed by atoms with E-state index in [4.69, 9.17) is 33.4 Å². The molecule has 36 heavy (non-hydrogen) atoms. The molecule has 1 atom stereocenters. The minimum absolute atomic E-state index is 0.249. The van der Waals surface area contributed by atoms with Crippen LogP contribution in [0.3, 0.4) is 0 Å². The zero-order valence-corrected chi connectivity index (χ0v) is 22.4. The number of carbonyl (C=O) groups is 1. The Morgan fingerprint density at radius 2 is 1.61 bits per heavy atom. The lowest BCUT2D eigenvalue weighted by Gasteiger charge is -2.26. The third-order valence-corrected chi connectivity index (χ3v) is 6.50. The molecular formula is C26H32N2O7S. The molecule has 0 unspecified atom stereocenters. The minimum Gasteiger partial charge on any atom is -0.497 e. The number of carbonyl (C=O) groups excluding carboxylic acids is 1. The molecule has 0 saturated heterocycles. The molecule has 0 amide bonds. The van der Waals surface area contributed by atoms with Gasteiger partial charge >= 0.3 is 5.97 Å². The summed E-state index contributed by atoms with van der Waals surface area (Å²) in [6.45, 7) is 3.85. The Morgan fingerprint density at radius 3 is 2.17 bits per heavy atom. The second-order valence-corrected chi connectivity index (χ2v) is 8.61. The zero-order chi connectivity index (χ0) is 26.2. The van der Waals surface area contributed by atoms with Gasteiger partial charge in [-0.15, -0.1) is 0 Å². The van der Waals surface area contributed by atoms with E-state index >= 15 is 0 Å². The molecule has 1 aliphatic heterocycles. The van der Waals surface area contributed by atoms with Crippen molar-refractivity contribution in [3.05, 3.63) is 52.7 Å². The topological polar surface area (TPSA) is 96.8 Å². The molecule has 2 aromatic rings. The van der Waals surface area contributed by atoms with Gasteiger partial charge in [-0.3, -0.25) is 0 Å². The molecule has 2 aromatic carbocycles. The number of hydrogen-bond donors (Lipinski definition) is 1. The van der Waals surface area contributed by atoms with Crippen LogP contribution >= 0.6 is 11.8 Å². The third-order valence-electron chi connectivity index (χ3n) is 5.57. The normalized spacial score (nSPS) is 15.0. The van der Waals surface area contributed by atoms with Crippen LogP contribution in [-0.2, 0) is 15.3 Å². The lowest BCUT2D eigenvalue weighted by Crippen LogP contribution is -2.30. The summed E-state index contributed by atoms with van der Waals surface area (Å²) < 4.78 is 32.7. The summed E-state index contributed by atoms with van der Waals surface area (Å²) in [5.41, 5.74) is 2.72. The molecule has 0 spiro atoms. The lowest BCUT2D eigenvalue weighted by atomic mass is 9.96. The van der Waals surface area contributed by atoms with Crippen molar-refractivity contribution >= 4 is 22.9 Å². The van der Waals surface area contributed by atoms with Crippen molar-refractivity contribution in [2.75, 3.05) is 42.2 Å². The van der Waals surface area contributed by atoms with Crippen molar-refractivity contribution in [3.8, 4) is 28.7 Å². The van der Waals surface area contributed by atoms with Crippen molar-refractivity contribution in [1.82, 2.24) is 5.32 Å². The highest BCUT2D eigenvalue weighted by Crippen LogP contribution is 2.43. The van der Waals surface area contributed by atoms with Crippen LogP contribution in [0.15, 0.2) is 46.6 Å². The number of methoxy groups -OCH3 is 5. The van der Waals surface area contributed by atoms with E-state index in [9.17, 15) is 4.79 Å². The highest BCUT2D eigenvalue weighted by Gasteiger charge is 2.32. The SMILES string of the molecule is CCOC(=O)C1=C(C)NC(SCc2cc(OC)ccc2OC)=N[C@@H]1c1cc(OC)c(OC)c(OC)c1. The quantitative estimate of drug-likeness (QED) is 0.458. The molecule has 0 aliphatic carbocycles. The Kier molecular flexibility index (Phi) is 9.35. The maximum atomic E-state index is 13.0. The fourth-order valence-electron chi connectivity index (χ4n) is 3.84. The highest BCUT2D eigenvalue weighted by molar-refractivity contribution is 8.13. The van der Waals surface area contributed by atoms with Gasteiger partial charge in [0.15, 0.2) is 16.7 Å². The molecule has 0 bridgehead atoms. The third kappa shape index (κ3) is 5.81. The van der Waals surface area contributed by atoms with E-state index in [2.05, 4.69) is 5.32 Å². The Balaban J connectivity index is 2.02. The first-order chi connectivity index (χ1) is 17.4. The predicted molar refractivity (Wildman–Crippen MR) is 140 cm³/mol. The maximum absolute atomic E-state index is 13.0. The van der Waals surface area contributed by atoms with Crippen LogP contribution < -0.4 is 29.0 Å². The molecular weight excluding hydrogens is 484 g/mol. The predicted octanol–water partition coefficient (Wildman–Crippen LogP) is 4.50. The Hall–Kier alpha value is -3.53. The molecule has 10 heteroatoms. The van der Waals surface area contributed by atoms with E-state index < -0.39 is 12.0 Å². The Bertz CT molecular complexity index is 1140. The van der Waals surface area contributed by atoms with Crippen molar-refractivity contribution in [3.63, 3.8) is 0 Å². The second kappa shape index (κ2) is 12.4. The Morgan fingerprint density at radius 1 is 0.944 bits per heavy atom. The van der Waals surface area contributed by atoms with E-state index in [0.717, 1.165) is 17.1 Å². The van der Waals surface area contributed by atoms with Crippen molar-refractivity contribution in [1.29, 1.82) is 0 Å². The second-order valence-electron chi connectivity index (χ2n) is 7.65. The number of nitrogens with one attached hydrogen (secondary N) is 1. The number of hydrogen-bond acceptors (Lipinski definition) is 10. The number of benzene rings is 2. The van der Waals surface area contributed by atoms with E-state index in [-0.39, 0.29) is 6.61 Å². The van der Waals surface area contributed by atoms with Crippen LogP contribution in [0.4, 0.5) is 0 Å². The van der Waals surface area contributed by atoms with Gasteiger partial charge < -0.3 is 33.7 Å². The summed E-state index contributed by atoms with van der Waals surface area (Å²) >= 11 is 1.49. The minimum atomic E-state index is -0.645. The molecule has 0 aromatic heterocycles. The number of ether oxygens (including phenoxy) is 6. The fraction of sp³-hybridized carbons (Fsp3) is 0.385. The molecule has 0 radical (unpaired) electrons. The molecule has 3 rings (SSSR count). The van der Waals surface area contributed by atoms with Crippen LogP contribution in [0.1, 0.15) is 31.0 Å². The molecule has 1 heterocycles. The van der Waals surface area contributed by atoms with Gasteiger partial charge in [0.05, 0.1) is 47.7 Å². The maximum Gasteiger partial charge on any atom is 0.338 e. The summed E-state index contributed by atoms with van der Waals surface area (Å²) in [6, 6.07) is 8.59. The van der Waals surface area contributed by atoms with E-state index in [1.54, 1.807) is 54.6 Å². The van der Waals surface area contributed by atoms with Crippen molar-refractivity contribution in [2.24, 2.45) is 4.99 Å². The number of esters is 1. The first-order valence-electron chi connectivity index (χ1n) is 11.3. The van der Waals surface area contributed by atoms with Gasteiger partial charge in [0.1, 0.15) is 17.5 Å². The molecule has 0 saturated carbocycles. The van der Waals surface area contributed by atoms with Crippen molar-refractivity contribution < 1.29 is 33.2 Å². The van der Waals surface area contributed by atoms with Gasteiger partial charge in [0.2, 0.25) is 5.75 Å². The zero-order valence-electron chi connectivity index (χ0n) is 21.6. The van der Waals surface area contributed by atoms with Gasteiger partial charge in [-0.1, -0.05) is 11.8 Å². The number of allylic oxidation sites excluding steroid dienone is 1. The highest BCUT2D eigenvalue weighted by atomic mass is 32.2. The Labute approximate surface area is 215 Å². The van der Waals surface area contributed by atoms with Gasteiger partial charge in [-0.25, -0.2) is 9.79 Å². The summed E-state index contributed by atoms with van der Waals surface area (Å²) in [4.78, 5) is 17.8. The summed E-state index contributed by atoms with van der Waals surface area (Å²) in [6.07, 6.45) is 0.